The second-order valence-corrected chi connectivity index (χ2v) is 6.19. The zero-order chi connectivity index (χ0) is 14.7. The van der Waals surface area contributed by atoms with Gasteiger partial charge in [0.1, 0.15) is 11.3 Å². The minimum Gasteiger partial charge on any atom is -0.368 e. The highest BCUT2D eigenvalue weighted by molar-refractivity contribution is 7.09. The molecule has 0 saturated carbocycles. The summed E-state index contributed by atoms with van der Waals surface area (Å²) in [6.45, 7) is 5.96. The van der Waals surface area contributed by atoms with Crippen molar-refractivity contribution in [2.45, 2.75) is 33.2 Å². The minimum atomic E-state index is 0.815. The fourth-order valence-corrected chi connectivity index (χ4v) is 3.13. The van der Waals surface area contributed by atoms with Gasteiger partial charge in [-0.1, -0.05) is 19.4 Å². The summed E-state index contributed by atoms with van der Waals surface area (Å²) in [5.74, 6) is 1.77. The third-order valence-electron chi connectivity index (χ3n) is 3.45. The molecule has 110 valence electrons. The van der Waals surface area contributed by atoms with Crippen LogP contribution in [0.5, 0.6) is 0 Å². The number of fused-ring (bicyclic) bond motifs is 1. The Morgan fingerprint density at radius 2 is 2.19 bits per heavy atom. The maximum atomic E-state index is 4.60. The van der Waals surface area contributed by atoms with Crippen LogP contribution in [-0.2, 0) is 6.54 Å². The van der Waals surface area contributed by atoms with Crippen molar-refractivity contribution in [1.82, 2.24) is 14.5 Å². The third kappa shape index (κ3) is 3.08. The number of rotatable bonds is 6. The van der Waals surface area contributed by atoms with E-state index in [1.807, 2.05) is 6.92 Å². The predicted molar refractivity (Wildman–Crippen MR) is 89.1 cm³/mol. The fraction of sp³-hybridized carbons (Fsp3) is 0.375. The first kappa shape index (κ1) is 14.1. The van der Waals surface area contributed by atoms with Crippen LogP contribution < -0.4 is 5.32 Å². The summed E-state index contributed by atoms with van der Waals surface area (Å²) >= 11 is 1.78. The molecule has 4 nitrogen and oxygen atoms in total. The Morgan fingerprint density at radius 3 is 2.95 bits per heavy atom. The molecule has 21 heavy (non-hydrogen) atoms. The molecule has 0 aromatic carbocycles. The molecule has 0 spiro atoms. The number of aryl methyl sites for hydroxylation is 1. The van der Waals surface area contributed by atoms with Gasteiger partial charge in [-0.2, -0.15) is 0 Å². The van der Waals surface area contributed by atoms with Gasteiger partial charge in [-0.05, 0) is 30.9 Å². The van der Waals surface area contributed by atoms with E-state index < -0.39 is 0 Å². The van der Waals surface area contributed by atoms with Crippen molar-refractivity contribution in [3.8, 4) is 0 Å². The summed E-state index contributed by atoms with van der Waals surface area (Å²) in [5, 5.41) is 5.58. The Hall–Kier alpha value is -1.88. The van der Waals surface area contributed by atoms with Crippen molar-refractivity contribution >= 4 is 28.2 Å². The molecule has 5 heteroatoms. The molecular weight excluding hydrogens is 280 g/mol. The average molecular weight is 300 g/mol. The van der Waals surface area contributed by atoms with E-state index in [1.54, 1.807) is 11.3 Å². The van der Waals surface area contributed by atoms with Crippen molar-refractivity contribution in [3.05, 3.63) is 40.5 Å². The number of hydrogen-bond acceptors (Lipinski definition) is 4. The van der Waals surface area contributed by atoms with Crippen molar-refractivity contribution in [1.29, 1.82) is 0 Å². The summed E-state index contributed by atoms with van der Waals surface area (Å²) in [7, 11) is 0. The van der Waals surface area contributed by atoms with E-state index in [0.717, 1.165) is 42.2 Å². The molecule has 0 amide bonds. The van der Waals surface area contributed by atoms with Crippen LogP contribution in [0.3, 0.4) is 0 Å². The van der Waals surface area contributed by atoms with Gasteiger partial charge in [0.15, 0.2) is 5.82 Å². The summed E-state index contributed by atoms with van der Waals surface area (Å²) < 4.78 is 2.23. The molecule has 0 aliphatic carbocycles. The normalized spacial score (nSPS) is 11.1. The van der Waals surface area contributed by atoms with Crippen LogP contribution >= 0.6 is 11.3 Å². The first-order valence-corrected chi connectivity index (χ1v) is 8.25. The van der Waals surface area contributed by atoms with E-state index in [9.17, 15) is 0 Å². The SMILES string of the molecule is CCCCNc1nc(C)nc2ccn(Cc3cccs3)c12. The number of unbranched alkanes of at least 4 members (excludes halogenated alkanes) is 1. The lowest BCUT2D eigenvalue weighted by molar-refractivity contribution is 0.822. The number of nitrogens with zero attached hydrogens (tertiary/aromatic N) is 3. The number of hydrogen-bond donors (Lipinski definition) is 1. The van der Waals surface area contributed by atoms with Crippen LogP contribution in [0.2, 0.25) is 0 Å². The van der Waals surface area contributed by atoms with Gasteiger partial charge in [0, 0.05) is 17.6 Å². The molecule has 0 saturated heterocycles. The Labute approximate surface area is 128 Å². The molecule has 0 aliphatic heterocycles. The van der Waals surface area contributed by atoms with Gasteiger partial charge in [0.2, 0.25) is 0 Å². The molecule has 0 fully saturated rings. The molecule has 0 bridgehead atoms. The maximum Gasteiger partial charge on any atom is 0.154 e. The monoisotopic (exact) mass is 300 g/mol. The lowest BCUT2D eigenvalue weighted by atomic mass is 10.3. The lowest BCUT2D eigenvalue weighted by Gasteiger charge is -2.10. The van der Waals surface area contributed by atoms with Gasteiger partial charge in [-0.3, -0.25) is 0 Å². The van der Waals surface area contributed by atoms with Crippen LogP contribution in [0.1, 0.15) is 30.5 Å². The highest BCUT2D eigenvalue weighted by Gasteiger charge is 2.11. The smallest absolute Gasteiger partial charge is 0.154 e. The minimum absolute atomic E-state index is 0.815. The van der Waals surface area contributed by atoms with Gasteiger partial charge in [0.25, 0.3) is 0 Å². The molecule has 1 N–H and O–H groups in total. The largest absolute Gasteiger partial charge is 0.368 e. The van der Waals surface area contributed by atoms with Crippen LogP contribution in [0.15, 0.2) is 29.8 Å². The predicted octanol–water partition coefficient (Wildman–Crippen LogP) is 4.06. The Balaban J connectivity index is 1.97. The van der Waals surface area contributed by atoms with E-state index in [1.165, 1.54) is 11.3 Å². The van der Waals surface area contributed by atoms with Gasteiger partial charge in [-0.25, -0.2) is 9.97 Å². The van der Waals surface area contributed by atoms with Crippen LogP contribution in [0.4, 0.5) is 5.82 Å². The Morgan fingerprint density at radius 1 is 1.29 bits per heavy atom. The van der Waals surface area contributed by atoms with Gasteiger partial charge >= 0.3 is 0 Å². The van der Waals surface area contributed by atoms with Gasteiger partial charge < -0.3 is 9.88 Å². The molecule has 3 aromatic heterocycles. The van der Waals surface area contributed by atoms with Gasteiger partial charge in [0.05, 0.1) is 12.1 Å². The first-order valence-electron chi connectivity index (χ1n) is 7.37. The third-order valence-corrected chi connectivity index (χ3v) is 4.31. The standard InChI is InChI=1S/C16H20N4S/c1-3-4-8-17-16-15-14(18-12(2)19-16)7-9-20(15)11-13-6-5-10-21-13/h5-7,9-10H,3-4,8,11H2,1-2H3,(H,17,18,19). The number of anilines is 1. The van der Waals surface area contributed by atoms with Gasteiger partial charge in [-0.15, -0.1) is 11.3 Å². The van der Waals surface area contributed by atoms with E-state index in [-0.39, 0.29) is 0 Å². The maximum absolute atomic E-state index is 4.60. The molecule has 3 heterocycles. The zero-order valence-electron chi connectivity index (χ0n) is 12.5. The molecule has 0 aliphatic rings. The van der Waals surface area contributed by atoms with E-state index in [4.69, 9.17) is 0 Å². The summed E-state index contributed by atoms with van der Waals surface area (Å²) in [5.41, 5.74) is 2.11. The van der Waals surface area contributed by atoms with Crippen molar-refractivity contribution in [3.63, 3.8) is 0 Å². The average Bonchev–Trinajstić information content (AvgIpc) is 3.10. The summed E-state index contributed by atoms with van der Waals surface area (Å²) in [6, 6.07) is 6.32. The number of nitrogens with one attached hydrogen (secondary N) is 1. The molecule has 0 radical (unpaired) electrons. The first-order chi connectivity index (χ1) is 10.3. The van der Waals surface area contributed by atoms with E-state index in [2.05, 4.69) is 56.6 Å². The zero-order valence-corrected chi connectivity index (χ0v) is 13.3. The molecule has 3 aromatic rings. The summed E-state index contributed by atoms with van der Waals surface area (Å²) in [6.07, 6.45) is 4.43. The molecule has 0 unspecified atom stereocenters. The van der Waals surface area contributed by atoms with Crippen molar-refractivity contribution < 1.29 is 0 Å². The van der Waals surface area contributed by atoms with Crippen molar-refractivity contribution in [2.75, 3.05) is 11.9 Å². The fourth-order valence-electron chi connectivity index (χ4n) is 2.43. The van der Waals surface area contributed by atoms with Crippen LogP contribution in [0, 0.1) is 6.92 Å². The second kappa shape index (κ2) is 6.26. The topological polar surface area (TPSA) is 42.7 Å². The lowest BCUT2D eigenvalue weighted by Crippen LogP contribution is -2.08. The quantitative estimate of drug-likeness (QED) is 0.698. The van der Waals surface area contributed by atoms with E-state index in [0.29, 0.717) is 0 Å². The van der Waals surface area contributed by atoms with Crippen LogP contribution in [-0.4, -0.2) is 21.1 Å². The number of aromatic nitrogens is 3. The van der Waals surface area contributed by atoms with Crippen molar-refractivity contribution in [2.24, 2.45) is 0 Å². The molecule has 3 rings (SSSR count). The molecular formula is C16H20N4S. The Bertz CT molecular complexity index is 715. The number of thiophene rings is 1. The molecule has 0 atom stereocenters. The van der Waals surface area contributed by atoms with E-state index >= 15 is 0 Å². The highest BCUT2D eigenvalue weighted by Crippen LogP contribution is 2.23. The highest BCUT2D eigenvalue weighted by atomic mass is 32.1. The Kier molecular flexibility index (Phi) is 4.20. The summed E-state index contributed by atoms with van der Waals surface area (Å²) in [4.78, 5) is 10.5. The second-order valence-electron chi connectivity index (χ2n) is 5.16. The van der Waals surface area contributed by atoms with Crippen LogP contribution in [0.25, 0.3) is 11.0 Å².